The highest BCUT2D eigenvalue weighted by molar-refractivity contribution is 7.98. The first-order valence-electron chi connectivity index (χ1n) is 6.12. The van der Waals surface area contributed by atoms with E-state index in [4.69, 9.17) is 0 Å². The molecule has 0 rings (SSSR count). The number of hydrogen-bond donors (Lipinski definition) is 1. The Kier molecular flexibility index (Phi) is 11.0. The van der Waals surface area contributed by atoms with E-state index in [2.05, 4.69) is 37.4 Å². The summed E-state index contributed by atoms with van der Waals surface area (Å²) in [6.07, 6.45) is 6.16. The second kappa shape index (κ2) is 10.8. The van der Waals surface area contributed by atoms with Gasteiger partial charge in [-0.15, -0.1) is 0 Å². The van der Waals surface area contributed by atoms with Crippen molar-refractivity contribution in [1.29, 1.82) is 0 Å². The minimum Gasteiger partial charge on any atom is -0.315 e. The van der Waals surface area contributed by atoms with Gasteiger partial charge in [-0.05, 0) is 33.2 Å². The summed E-state index contributed by atoms with van der Waals surface area (Å²) in [5.74, 6) is 1.23. The van der Waals surface area contributed by atoms with Gasteiger partial charge in [0, 0.05) is 24.9 Å². The highest BCUT2D eigenvalue weighted by Gasteiger charge is 2.06. The molecule has 0 bridgehead atoms. The fourth-order valence-corrected chi connectivity index (χ4v) is 2.21. The first-order valence-corrected chi connectivity index (χ1v) is 7.51. The van der Waals surface area contributed by atoms with E-state index >= 15 is 0 Å². The molecule has 0 heterocycles. The molecule has 0 aromatic carbocycles. The van der Waals surface area contributed by atoms with Crippen LogP contribution in [0.25, 0.3) is 0 Å². The third-order valence-corrected chi connectivity index (χ3v) is 3.57. The van der Waals surface area contributed by atoms with E-state index in [0.717, 1.165) is 13.1 Å². The Hall–Kier alpha value is 0.270. The third-order valence-electron chi connectivity index (χ3n) is 2.76. The van der Waals surface area contributed by atoms with Crippen molar-refractivity contribution in [3.63, 3.8) is 0 Å². The van der Waals surface area contributed by atoms with E-state index in [0.29, 0.717) is 6.04 Å². The minimum atomic E-state index is 0.692. The van der Waals surface area contributed by atoms with Crippen molar-refractivity contribution >= 4 is 11.8 Å². The van der Waals surface area contributed by atoms with Crippen LogP contribution < -0.4 is 5.32 Å². The molecule has 1 N–H and O–H groups in total. The molecule has 1 unspecified atom stereocenters. The Labute approximate surface area is 100 Å². The maximum absolute atomic E-state index is 3.50. The number of likely N-dealkylation sites (N-methyl/N-ethyl adjacent to an activating group) is 1. The molecule has 0 radical (unpaired) electrons. The van der Waals surface area contributed by atoms with Gasteiger partial charge in [-0.3, -0.25) is 0 Å². The van der Waals surface area contributed by atoms with Gasteiger partial charge < -0.3 is 10.2 Å². The number of unbranched alkanes of at least 4 members (excludes halogenated alkanes) is 2. The highest BCUT2D eigenvalue weighted by Crippen LogP contribution is 2.02. The van der Waals surface area contributed by atoms with E-state index < -0.39 is 0 Å². The Morgan fingerprint density at radius 1 is 1.27 bits per heavy atom. The maximum Gasteiger partial charge on any atom is 0.0155 e. The summed E-state index contributed by atoms with van der Waals surface area (Å²) in [6.45, 7) is 8.01. The number of nitrogens with one attached hydrogen (secondary N) is 1. The van der Waals surface area contributed by atoms with Crippen LogP contribution >= 0.6 is 11.8 Å². The first kappa shape index (κ1) is 15.3. The Balaban J connectivity index is 3.26. The number of rotatable bonds is 10. The van der Waals surface area contributed by atoms with Crippen molar-refractivity contribution in [2.24, 2.45) is 0 Å². The number of nitrogens with zero attached hydrogens (tertiary/aromatic N) is 1. The van der Waals surface area contributed by atoms with Crippen LogP contribution in [0.5, 0.6) is 0 Å². The Morgan fingerprint density at radius 2 is 2.00 bits per heavy atom. The smallest absolute Gasteiger partial charge is 0.0155 e. The lowest BCUT2D eigenvalue weighted by Gasteiger charge is -2.24. The molecule has 15 heavy (non-hydrogen) atoms. The summed E-state index contributed by atoms with van der Waals surface area (Å²) in [5.41, 5.74) is 0. The summed E-state index contributed by atoms with van der Waals surface area (Å²) >= 11 is 1.93. The predicted molar refractivity (Wildman–Crippen MR) is 72.9 cm³/mol. The van der Waals surface area contributed by atoms with Crippen molar-refractivity contribution in [1.82, 2.24) is 10.2 Å². The van der Waals surface area contributed by atoms with Gasteiger partial charge in [0.1, 0.15) is 0 Å². The SMILES string of the molecule is CCCCCNCCN(C)C(C)CSC. The average molecular weight is 232 g/mol. The Bertz CT molecular complexity index is 131. The standard InChI is InChI=1S/C12H28N2S/c1-5-6-7-8-13-9-10-14(3)12(2)11-15-4/h12-13H,5-11H2,1-4H3. The van der Waals surface area contributed by atoms with Gasteiger partial charge in [0.2, 0.25) is 0 Å². The van der Waals surface area contributed by atoms with Crippen LogP contribution in [0, 0.1) is 0 Å². The molecule has 0 aliphatic rings. The predicted octanol–water partition coefficient (Wildman–Crippen LogP) is 2.45. The van der Waals surface area contributed by atoms with E-state index in [1.54, 1.807) is 0 Å². The largest absolute Gasteiger partial charge is 0.315 e. The van der Waals surface area contributed by atoms with Gasteiger partial charge in [-0.1, -0.05) is 19.8 Å². The van der Waals surface area contributed by atoms with Crippen LogP contribution in [0.15, 0.2) is 0 Å². The van der Waals surface area contributed by atoms with Gasteiger partial charge in [0.25, 0.3) is 0 Å². The Morgan fingerprint density at radius 3 is 2.60 bits per heavy atom. The molecule has 2 nitrogen and oxygen atoms in total. The summed E-state index contributed by atoms with van der Waals surface area (Å²) in [5, 5.41) is 3.50. The molecular formula is C12H28N2S. The molecule has 0 aliphatic heterocycles. The molecule has 0 aromatic heterocycles. The van der Waals surface area contributed by atoms with Gasteiger partial charge in [0.15, 0.2) is 0 Å². The number of hydrogen-bond acceptors (Lipinski definition) is 3. The van der Waals surface area contributed by atoms with E-state index in [1.807, 2.05) is 11.8 Å². The molecule has 0 amide bonds. The average Bonchev–Trinajstić information content (AvgIpc) is 2.23. The van der Waals surface area contributed by atoms with Gasteiger partial charge in [0.05, 0.1) is 0 Å². The van der Waals surface area contributed by atoms with E-state index in [1.165, 1.54) is 31.6 Å². The van der Waals surface area contributed by atoms with Crippen LogP contribution in [0.3, 0.4) is 0 Å². The van der Waals surface area contributed by atoms with Crippen LogP contribution in [0.4, 0.5) is 0 Å². The molecule has 1 atom stereocenters. The first-order chi connectivity index (χ1) is 7.22. The highest BCUT2D eigenvalue weighted by atomic mass is 32.2. The summed E-state index contributed by atoms with van der Waals surface area (Å²) in [4.78, 5) is 2.43. The van der Waals surface area contributed by atoms with Crippen LogP contribution in [-0.4, -0.2) is 49.6 Å². The summed E-state index contributed by atoms with van der Waals surface area (Å²) < 4.78 is 0. The molecule has 0 spiro atoms. The zero-order chi connectivity index (χ0) is 11.5. The molecule has 3 heteroatoms. The van der Waals surface area contributed by atoms with Gasteiger partial charge in [-0.2, -0.15) is 11.8 Å². The lowest BCUT2D eigenvalue weighted by atomic mass is 10.2. The van der Waals surface area contributed by atoms with E-state index in [-0.39, 0.29) is 0 Å². The minimum absolute atomic E-state index is 0.692. The van der Waals surface area contributed by atoms with Crippen molar-refractivity contribution in [3.05, 3.63) is 0 Å². The fraction of sp³-hybridized carbons (Fsp3) is 1.00. The zero-order valence-corrected chi connectivity index (χ0v) is 11.7. The molecule has 92 valence electrons. The molecule has 0 aliphatic carbocycles. The molecule has 0 fully saturated rings. The van der Waals surface area contributed by atoms with Crippen LogP contribution in [-0.2, 0) is 0 Å². The van der Waals surface area contributed by atoms with Gasteiger partial charge in [-0.25, -0.2) is 0 Å². The maximum atomic E-state index is 3.50. The molecule has 0 saturated carbocycles. The van der Waals surface area contributed by atoms with Crippen molar-refractivity contribution in [2.75, 3.05) is 38.7 Å². The summed E-state index contributed by atoms with van der Waals surface area (Å²) in [7, 11) is 2.22. The zero-order valence-electron chi connectivity index (χ0n) is 10.9. The normalized spacial score (nSPS) is 13.4. The van der Waals surface area contributed by atoms with Crippen LogP contribution in [0.1, 0.15) is 33.1 Å². The summed E-state index contributed by atoms with van der Waals surface area (Å²) in [6, 6.07) is 0.692. The molecule has 0 aromatic rings. The lowest BCUT2D eigenvalue weighted by molar-refractivity contribution is 0.277. The van der Waals surface area contributed by atoms with Crippen molar-refractivity contribution in [3.8, 4) is 0 Å². The monoisotopic (exact) mass is 232 g/mol. The van der Waals surface area contributed by atoms with Crippen LogP contribution in [0.2, 0.25) is 0 Å². The second-order valence-electron chi connectivity index (χ2n) is 4.24. The quantitative estimate of drug-likeness (QED) is 0.583. The fourth-order valence-electron chi connectivity index (χ4n) is 1.47. The molecule has 0 saturated heterocycles. The second-order valence-corrected chi connectivity index (χ2v) is 5.15. The lowest BCUT2D eigenvalue weighted by Crippen LogP contribution is -2.36. The molecular weight excluding hydrogens is 204 g/mol. The van der Waals surface area contributed by atoms with E-state index in [9.17, 15) is 0 Å². The van der Waals surface area contributed by atoms with Crippen molar-refractivity contribution in [2.45, 2.75) is 39.2 Å². The number of thioether (sulfide) groups is 1. The van der Waals surface area contributed by atoms with Gasteiger partial charge >= 0.3 is 0 Å². The third kappa shape index (κ3) is 9.21. The topological polar surface area (TPSA) is 15.3 Å². The van der Waals surface area contributed by atoms with Crippen molar-refractivity contribution < 1.29 is 0 Å².